The van der Waals surface area contributed by atoms with Gasteiger partial charge in [0.25, 0.3) is 5.82 Å². The van der Waals surface area contributed by atoms with Crippen LogP contribution >= 0.6 is 0 Å². The number of carbonyl (C=O) groups excluding carboxylic acids is 1. The van der Waals surface area contributed by atoms with Crippen molar-refractivity contribution in [2.75, 3.05) is 19.0 Å². The SMILES string of the molecule is CC(C)[C@@H]1CC[C@@H](C)C[C@H]1OC(=O)C[n+]1c(-c2ccc(N(C)C)cc2)n(CC2CC2)c2ccccc21. The van der Waals surface area contributed by atoms with Gasteiger partial charge < -0.3 is 9.64 Å². The van der Waals surface area contributed by atoms with Crippen molar-refractivity contribution in [1.29, 1.82) is 0 Å². The molecule has 0 spiro atoms. The number of esters is 1. The van der Waals surface area contributed by atoms with E-state index in [0.29, 0.717) is 17.8 Å². The van der Waals surface area contributed by atoms with Crippen molar-refractivity contribution in [3.05, 3.63) is 48.5 Å². The van der Waals surface area contributed by atoms with Gasteiger partial charge in [0.2, 0.25) is 0 Å². The molecule has 5 nitrogen and oxygen atoms in total. The van der Waals surface area contributed by atoms with Crippen LogP contribution in [0.4, 0.5) is 5.69 Å². The van der Waals surface area contributed by atoms with Crippen LogP contribution in [-0.2, 0) is 22.6 Å². The second-order valence-corrected chi connectivity index (χ2v) is 11.7. The van der Waals surface area contributed by atoms with Gasteiger partial charge in [0.15, 0.2) is 17.6 Å². The molecule has 1 heterocycles. The van der Waals surface area contributed by atoms with E-state index in [4.69, 9.17) is 4.74 Å². The first-order valence-electron chi connectivity index (χ1n) is 13.8. The van der Waals surface area contributed by atoms with Crippen molar-refractivity contribution in [2.45, 2.75) is 72.1 Å². The molecule has 0 bridgehead atoms. The zero-order valence-corrected chi connectivity index (χ0v) is 22.6. The zero-order chi connectivity index (χ0) is 25.4. The Labute approximate surface area is 216 Å². The predicted octanol–water partition coefficient (Wildman–Crippen LogP) is 6.08. The highest BCUT2D eigenvalue weighted by Crippen LogP contribution is 2.36. The Morgan fingerprint density at radius 3 is 2.44 bits per heavy atom. The number of para-hydroxylation sites is 2. The Kier molecular flexibility index (Phi) is 7.09. The fraction of sp³-hybridized carbons (Fsp3) is 0.548. The molecule has 36 heavy (non-hydrogen) atoms. The van der Waals surface area contributed by atoms with Crippen molar-refractivity contribution < 1.29 is 14.1 Å². The van der Waals surface area contributed by atoms with Crippen LogP contribution in [0.1, 0.15) is 52.9 Å². The first kappa shape index (κ1) is 24.9. The lowest BCUT2D eigenvalue weighted by Crippen LogP contribution is -2.43. The molecular formula is C31H42N3O2+. The average molecular weight is 489 g/mol. The van der Waals surface area contributed by atoms with Gasteiger partial charge in [-0.05, 0) is 85.8 Å². The number of anilines is 1. The van der Waals surface area contributed by atoms with Gasteiger partial charge in [-0.15, -0.1) is 0 Å². The summed E-state index contributed by atoms with van der Waals surface area (Å²) >= 11 is 0. The van der Waals surface area contributed by atoms with Gasteiger partial charge in [0, 0.05) is 19.8 Å². The molecule has 2 aromatic carbocycles. The maximum Gasteiger partial charge on any atom is 0.348 e. The van der Waals surface area contributed by atoms with Gasteiger partial charge in [-0.2, -0.15) is 0 Å². The molecule has 2 aliphatic rings. The molecule has 2 fully saturated rings. The van der Waals surface area contributed by atoms with E-state index in [2.05, 4.69) is 97.4 Å². The normalized spacial score (nSPS) is 22.2. The molecule has 0 aliphatic heterocycles. The maximum atomic E-state index is 13.5. The second-order valence-electron chi connectivity index (χ2n) is 11.7. The summed E-state index contributed by atoms with van der Waals surface area (Å²) < 4.78 is 10.9. The quantitative estimate of drug-likeness (QED) is 0.285. The first-order chi connectivity index (χ1) is 17.3. The fourth-order valence-electron chi connectivity index (χ4n) is 6.00. The molecule has 2 saturated carbocycles. The number of ether oxygens (including phenoxy) is 1. The molecule has 0 amide bonds. The minimum absolute atomic E-state index is 0.0180. The van der Waals surface area contributed by atoms with Gasteiger partial charge in [-0.1, -0.05) is 39.3 Å². The first-order valence-corrected chi connectivity index (χ1v) is 13.8. The van der Waals surface area contributed by atoms with Crippen molar-refractivity contribution >= 4 is 22.7 Å². The van der Waals surface area contributed by atoms with E-state index in [1.54, 1.807) is 0 Å². The van der Waals surface area contributed by atoms with Crippen LogP contribution in [0.2, 0.25) is 0 Å². The second kappa shape index (κ2) is 10.3. The molecule has 3 atom stereocenters. The highest BCUT2D eigenvalue weighted by Gasteiger charge is 2.36. The summed E-state index contributed by atoms with van der Waals surface area (Å²) in [7, 11) is 4.12. The van der Waals surface area contributed by atoms with E-state index in [1.165, 1.54) is 30.5 Å². The smallest absolute Gasteiger partial charge is 0.348 e. The monoisotopic (exact) mass is 488 g/mol. The third-order valence-corrected chi connectivity index (χ3v) is 8.29. The summed E-state index contributed by atoms with van der Waals surface area (Å²) in [6.45, 7) is 8.03. The minimum Gasteiger partial charge on any atom is -0.459 e. The van der Waals surface area contributed by atoms with Crippen LogP contribution < -0.4 is 9.47 Å². The lowest BCUT2D eigenvalue weighted by atomic mass is 9.75. The van der Waals surface area contributed by atoms with Gasteiger partial charge in [-0.3, -0.25) is 0 Å². The Hall–Kier alpha value is -2.82. The fourth-order valence-corrected chi connectivity index (χ4v) is 6.00. The Morgan fingerprint density at radius 2 is 1.78 bits per heavy atom. The molecule has 0 saturated heterocycles. The van der Waals surface area contributed by atoms with Crippen molar-refractivity contribution in [1.82, 2.24) is 4.57 Å². The van der Waals surface area contributed by atoms with Crippen LogP contribution in [0.3, 0.4) is 0 Å². The van der Waals surface area contributed by atoms with Crippen LogP contribution in [0.25, 0.3) is 22.4 Å². The summed E-state index contributed by atoms with van der Waals surface area (Å²) in [5.74, 6) is 3.28. The number of hydrogen-bond donors (Lipinski definition) is 0. The number of aromatic nitrogens is 2. The minimum atomic E-state index is -0.120. The molecule has 1 aromatic heterocycles. The molecule has 0 N–H and O–H groups in total. The summed E-state index contributed by atoms with van der Waals surface area (Å²) in [6.07, 6.45) is 5.93. The van der Waals surface area contributed by atoms with Crippen LogP contribution in [0, 0.1) is 23.7 Å². The van der Waals surface area contributed by atoms with Gasteiger partial charge >= 0.3 is 5.97 Å². The zero-order valence-electron chi connectivity index (χ0n) is 22.6. The van der Waals surface area contributed by atoms with E-state index in [1.807, 2.05) is 0 Å². The number of imidazole rings is 1. The molecule has 0 unspecified atom stereocenters. The van der Waals surface area contributed by atoms with E-state index in [-0.39, 0.29) is 18.6 Å². The lowest BCUT2D eigenvalue weighted by Gasteiger charge is -2.36. The number of hydrogen-bond acceptors (Lipinski definition) is 3. The van der Waals surface area contributed by atoms with Gasteiger partial charge in [0.1, 0.15) is 6.10 Å². The average Bonchev–Trinajstić information content (AvgIpc) is 3.62. The maximum absolute atomic E-state index is 13.5. The topological polar surface area (TPSA) is 38.4 Å². The Morgan fingerprint density at radius 1 is 1.06 bits per heavy atom. The van der Waals surface area contributed by atoms with Crippen LogP contribution in [0.15, 0.2) is 48.5 Å². The van der Waals surface area contributed by atoms with E-state index in [9.17, 15) is 4.79 Å². The molecule has 2 aliphatic carbocycles. The number of nitrogens with zero attached hydrogens (tertiary/aromatic N) is 3. The highest BCUT2D eigenvalue weighted by molar-refractivity contribution is 5.78. The van der Waals surface area contributed by atoms with Crippen LogP contribution in [-0.4, -0.2) is 30.7 Å². The molecule has 3 aromatic rings. The Bertz CT molecular complexity index is 1210. The predicted molar refractivity (Wildman–Crippen MR) is 146 cm³/mol. The Balaban J connectivity index is 1.52. The number of benzene rings is 2. The number of carbonyl (C=O) groups is 1. The standard InChI is InChI=1S/C31H42N3O2/c1-21(2)26-17-10-22(3)18-29(26)36-30(35)20-34-28-9-7-6-8-27(28)33(19-23-11-12-23)31(34)24-13-15-25(16-14-24)32(4)5/h6-9,13-16,21-23,26,29H,10-12,17-20H2,1-5H3/q+1/t22-,26+,29-/m1/s1. The van der Waals surface area contributed by atoms with E-state index in [0.717, 1.165) is 42.2 Å². The highest BCUT2D eigenvalue weighted by atomic mass is 16.5. The molecule has 5 heteroatoms. The van der Waals surface area contributed by atoms with E-state index >= 15 is 0 Å². The summed E-state index contributed by atoms with van der Waals surface area (Å²) in [6, 6.07) is 17.2. The molecule has 5 rings (SSSR count). The number of rotatable bonds is 8. The van der Waals surface area contributed by atoms with Crippen LogP contribution in [0.5, 0.6) is 0 Å². The molecule has 0 radical (unpaired) electrons. The number of fused-ring (bicyclic) bond motifs is 1. The summed E-state index contributed by atoms with van der Waals surface area (Å²) in [5, 5.41) is 0. The van der Waals surface area contributed by atoms with Gasteiger partial charge in [0.05, 0.1) is 12.1 Å². The van der Waals surface area contributed by atoms with Gasteiger partial charge in [-0.25, -0.2) is 13.9 Å². The third-order valence-electron chi connectivity index (χ3n) is 8.29. The van der Waals surface area contributed by atoms with Crippen molar-refractivity contribution in [2.24, 2.45) is 23.7 Å². The van der Waals surface area contributed by atoms with Crippen molar-refractivity contribution in [3.63, 3.8) is 0 Å². The largest absolute Gasteiger partial charge is 0.459 e. The molecular weight excluding hydrogens is 446 g/mol. The lowest BCUT2D eigenvalue weighted by molar-refractivity contribution is -0.649. The third kappa shape index (κ3) is 5.16. The summed E-state index contributed by atoms with van der Waals surface area (Å²) in [4.78, 5) is 15.6. The van der Waals surface area contributed by atoms with Crippen molar-refractivity contribution in [3.8, 4) is 11.4 Å². The van der Waals surface area contributed by atoms with E-state index < -0.39 is 0 Å². The molecule has 192 valence electrons. The summed E-state index contributed by atoms with van der Waals surface area (Å²) in [5.41, 5.74) is 4.59.